The number of amides is 4. The molecule has 0 unspecified atom stereocenters. The summed E-state index contributed by atoms with van der Waals surface area (Å²) in [6.45, 7) is 2.73. The third-order valence-electron chi connectivity index (χ3n) is 8.48. The van der Waals surface area contributed by atoms with Crippen LogP contribution in [0.2, 0.25) is 0 Å². The van der Waals surface area contributed by atoms with Gasteiger partial charge >= 0.3 is 0 Å². The molecule has 10 heteroatoms. The van der Waals surface area contributed by atoms with E-state index in [0.29, 0.717) is 45.8 Å². The number of aromatic amines is 1. The number of benzene rings is 3. The Kier molecular flexibility index (Phi) is 9.21. The number of ether oxygens (including phenoxy) is 1. The number of carbonyl (C=O) groups excluding carboxylic acids is 4. The van der Waals surface area contributed by atoms with Crippen LogP contribution in [0.5, 0.6) is 0 Å². The van der Waals surface area contributed by atoms with Gasteiger partial charge in [0.1, 0.15) is 17.8 Å². The van der Waals surface area contributed by atoms with Crippen molar-refractivity contribution in [1.29, 1.82) is 0 Å². The average Bonchev–Trinajstić information content (AvgIpc) is 3.52. The van der Waals surface area contributed by atoms with E-state index in [0.717, 1.165) is 22.0 Å². The molecule has 232 valence electrons. The zero-order chi connectivity index (χ0) is 31.2. The van der Waals surface area contributed by atoms with Crippen molar-refractivity contribution in [3.05, 3.63) is 108 Å². The van der Waals surface area contributed by atoms with Crippen molar-refractivity contribution in [3.63, 3.8) is 0 Å². The lowest BCUT2D eigenvalue weighted by Crippen LogP contribution is -2.63. The molecular weight excluding hydrogens is 570 g/mol. The quantitative estimate of drug-likeness (QED) is 0.304. The second-order valence-corrected chi connectivity index (χ2v) is 11.5. The molecule has 2 fully saturated rings. The lowest BCUT2D eigenvalue weighted by molar-refractivity contribution is -0.153. The molecule has 4 aromatic rings. The van der Waals surface area contributed by atoms with E-state index in [4.69, 9.17) is 4.74 Å². The lowest BCUT2D eigenvalue weighted by Gasteiger charge is -2.42. The van der Waals surface area contributed by atoms with Crippen LogP contribution in [-0.4, -0.2) is 94.8 Å². The van der Waals surface area contributed by atoms with Crippen LogP contribution in [-0.2, 0) is 32.1 Å². The van der Waals surface area contributed by atoms with Gasteiger partial charge in [-0.25, -0.2) is 0 Å². The molecule has 0 aliphatic carbocycles. The summed E-state index contributed by atoms with van der Waals surface area (Å²) in [7, 11) is 0. The fourth-order valence-corrected chi connectivity index (χ4v) is 6.05. The van der Waals surface area contributed by atoms with Crippen LogP contribution in [0.15, 0.2) is 91.0 Å². The molecule has 10 nitrogen and oxygen atoms in total. The van der Waals surface area contributed by atoms with Gasteiger partial charge in [0.15, 0.2) is 0 Å². The zero-order valence-corrected chi connectivity index (χ0v) is 25.1. The molecule has 4 amide bonds. The van der Waals surface area contributed by atoms with Crippen molar-refractivity contribution in [2.75, 3.05) is 39.4 Å². The number of hydrogen-bond acceptors (Lipinski definition) is 5. The highest BCUT2D eigenvalue weighted by Crippen LogP contribution is 2.22. The first-order chi connectivity index (χ1) is 22.0. The van der Waals surface area contributed by atoms with Crippen LogP contribution in [0.25, 0.3) is 10.9 Å². The maximum atomic E-state index is 14.4. The summed E-state index contributed by atoms with van der Waals surface area (Å²) in [4.78, 5) is 63.5. The molecule has 1 aromatic heterocycles. The Bertz CT molecular complexity index is 1620. The molecule has 2 aliphatic rings. The second kappa shape index (κ2) is 13.8. The summed E-state index contributed by atoms with van der Waals surface area (Å²) in [5.41, 5.74) is 3.00. The van der Waals surface area contributed by atoms with Gasteiger partial charge in [0.2, 0.25) is 17.7 Å². The number of nitrogens with zero attached hydrogens (tertiary/aromatic N) is 3. The summed E-state index contributed by atoms with van der Waals surface area (Å²) >= 11 is 0. The molecule has 6 rings (SSSR count). The van der Waals surface area contributed by atoms with Crippen molar-refractivity contribution in [2.45, 2.75) is 31.5 Å². The Morgan fingerprint density at radius 2 is 1.51 bits per heavy atom. The molecule has 2 atom stereocenters. The summed E-state index contributed by atoms with van der Waals surface area (Å²) in [6.07, 6.45) is 0.0953. The van der Waals surface area contributed by atoms with E-state index in [9.17, 15) is 19.2 Å². The van der Waals surface area contributed by atoms with E-state index < -0.39 is 23.9 Å². The molecule has 0 spiro atoms. The summed E-state index contributed by atoms with van der Waals surface area (Å²) in [5, 5.41) is 3.71. The number of fused-ring (bicyclic) bond motifs is 1. The van der Waals surface area contributed by atoms with E-state index >= 15 is 0 Å². The van der Waals surface area contributed by atoms with Crippen LogP contribution < -0.4 is 5.32 Å². The van der Waals surface area contributed by atoms with Gasteiger partial charge in [-0.05, 0) is 23.3 Å². The molecule has 2 saturated heterocycles. The van der Waals surface area contributed by atoms with E-state index in [1.54, 1.807) is 20.8 Å². The molecule has 0 saturated carbocycles. The van der Waals surface area contributed by atoms with Crippen molar-refractivity contribution >= 4 is 34.5 Å². The number of aromatic nitrogens is 1. The van der Waals surface area contributed by atoms with Gasteiger partial charge in [0, 0.05) is 50.0 Å². The molecule has 0 radical (unpaired) electrons. The molecule has 3 aromatic carbocycles. The van der Waals surface area contributed by atoms with Crippen molar-refractivity contribution in [1.82, 2.24) is 25.0 Å². The third-order valence-corrected chi connectivity index (χ3v) is 8.48. The molecule has 0 bridgehead atoms. The Hall–Kier alpha value is -4.96. The molecule has 3 heterocycles. The standard InChI is InChI=1S/C35H37N5O5/c41-32(38-17-19-45-20-18-38)23-30(37-33(42)29-22-27-13-7-8-14-28(27)36-29)34(43)40-16-15-39(24-26-11-5-2-6-12-26)35(44)31(40)21-25-9-3-1-4-10-25/h1-14,22,30-31,36H,15-21,23-24H2,(H,37,42)/t30-,31-/m0/s1. The van der Waals surface area contributed by atoms with Crippen LogP contribution in [0.3, 0.4) is 0 Å². The normalized spacial score (nSPS) is 17.7. The number of H-pyrrole nitrogens is 1. The van der Waals surface area contributed by atoms with E-state index in [1.165, 1.54) is 0 Å². The highest BCUT2D eigenvalue weighted by atomic mass is 16.5. The largest absolute Gasteiger partial charge is 0.378 e. The monoisotopic (exact) mass is 607 g/mol. The first-order valence-electron chi connectivity index (χ1n) is 15.4. The number of rotatable bonds is 9. The molecule has 2 N–H and O–H groups in total. The Balaban J connectivity index is 1.27. The minimum Gasteiger partial charge on any atom is -0.378 e. The average molecular weight is 608 g/mol. The van der Waals surface area contributed by atoms with Gasteiger partial charge in [-0.2, -0.15) is 0 Å². The van der Waals surface area contributed by atoms with Crippen molar-refractivity contribution in [3.8, 4) is 0 Å². The van der Waals surface area contributed by atoms with Crippen LogP contribution in [0.1, 0.15) is 28.0 Å². The minimum absolute atomic E-state index is 0.164. The lowest BCUT2D eigenvalue weighted by atomic mass is 9.99. The van der Waals surface area contributed by atoms with Gasteiger partial charge < -0.3 is 29.7 Å². The minimum atomic E-state index is -1.16. The fourth-order valence-electron chi connectivity index (χ4n) is 6.05. The predicted molar refractivity (Wildman–Crippen MR) is 169 cm³/mol. The molecule has 2 aliphatic heterocycles. The first kappa shape index (κ1) is 30.1. The fraction of sp³-hybridized carbons (Fsp3) is 0.314. The highest BCUT2D eigenvalue weighted by molar-refractivity contribution is 6.02. The summed E-state index contributed by atoms with van der Waals surface area (Å²) in [5.74, 6) is -1.35. The first-order valence-corrected chi connectivity index (χ1v) is 15.4. The summed E-state index contributed by atoms with van der Waals surface area (Å²) in [6, 6.07) is 26.6. The zero-order valence-electron chi connectivity index (χ0n) is 25.1. The van der Waals surface area contributed by atoms with Gasteiger partial charge in [-0.3, -0.25) is 19.2 Å². The highest BCUT2D eigenvalue weighted by Gasteiger charge is 2.41. The smallest absolute Gasteiger partial charge is 0.268 e. The Morgan fingerprint density at radius 1 is 0.844 bits per heavy atom. The number of piperazine rings is 1. The summed E-state index contributed by atoms with van der Waals surface area (Å²) < 4.78 is 5.40. The van der Waals surface area contributed by atoms with Crippen LogP contribution >= 0.6 is 0 Å². The van der Waals surface area contributed by atoms with Crippen molar-refractivity contribution in [2.24, 2.45) is 0 Å². The number of carbonyl (C=O) groups is 4. The van der Waals surface area contributed by atoms with E-state index in [1.807, 2.05) is 84.9 Å². The number of morpholine rings is 1. The number of nitrogens with one attached hydrogen (secondary N) is 2. The van der Waals surface area contributed by atoms with Crippen molar-refractivity contribution < 1.29 is 23.9 Å². The maximum absolute atomic E-state index is 14.4. The second-order valence-electron chi connectivity index (χ2n) is 11.5. The topological polar surface area (TPSA) is 115 Å². The van der Waals surface area contributed by atoms with Gasteiger partial charge in [0.25, 0.3) is 5.91 Å². The van der Waals surface area contributed by atoms with E-state index in [-0.39, 0.29) is 30.5 Å². The number of para-hydroxylation sites is 1. The predicted octanol–water partition coefficient (Wildman–Crippen LogP) is 3.00. The van der Waals surface area contributed by atoms with Gasteiger partial charge in [-0.15, -0.1) is 0 Å². The third kappa shape index (κ3) is 7.07. The Morgan fingerprint density at radius 3 is 2.22 bits per heavy atom. The number of hydrogen-bond donors (Lipinski definition) is 2. The van der Waals surface area contributed by atoms with E-state index in [2.05, 4.69) is 10.3 Å². The maximum Gasteiger partial charge on any atom is 0.268 e. The van der Waals surface area contributed by atoms with Crippen LogP contribution in [0.4, 0.5) is 0 Å². The molecule has 45 heavy (non-hydrogen) atoms. The Labute approximate surface area is 261 Å². The van der Waals surface area contributed by atoms with Crippen LogP contribution in [0, 0.1) is 0 Å². The van der Waals surface area contributed by atoms with Gasteiger partial charge in [0.05, 0.1) is 19.6 Å². The molecular formula is C35H37N5O5. The van der Waals surface area contributed by atoms with Gasteiger partial charge in [-0.1, -0.05) is 78.9 Å². The SMILES string of the molecule is O=C(N[C@@H](CC(=O)N1CCOCC1)C(=O)N1CCN(Cc2ccccc2)C(=O)[C@@H]1Cc1ccccc1)c1cc2ccccc2[nH]1.